The highest BCUT2D eigenvalue weighted by molar-refractivity contribution is 7.89. The van der Waals surface area contributed by atoms with Gasteiger partial charge in [0, 0.05) is 18.7 Å². The number of furan rings is 1. The van der Waals surface area contributed by atoms with Gasteiger partial charge in [0.15, 0.2) is 0 Å². The van der Waals surface area contributed by atoms with Crippen molar-refractivity contribution in [2.75, 3.05) is 19.6 Å². The number of hydrogen-bond donors (Lipinski definition) is 2. The molecule has 0 spiro atoms. The third kappa shape index (κ3) is 4.29. The van der Waals surface area contributed by atoms with Crippen LogP contribution < -0.4 is 10.5 Å². The zero-order valence-corrected chi connectivity index (χ0v) is 13.6. The van der Waals surface area contributed by atoms with E-state index in [0.29, 0.717) is 11.5 Å². The van der Waals surface area contributed by atoms with Crippen molar-refractivity contribution >= 4 is 10.0 Å². The zero-order chi connectivity index (χ0) is 15.5. The highest BCUT2D eigenvalue weighted by Crippen LogP contribution is 2.20. The van der Waals surface area contributed by atoms with E-state index < -0.39 is 10.0 Å². The molecule has 0 saturated carbocycles. The van der Waals surface area contributed by atoms with Gasteiger partial charge in [0.25, 0.3) is 0 Å². The summed E-state index contributed by atoms with van der Waals surface area (Å²) in [6, 6.07) is 1.37. The Morgan fingerprint density at radius 1 is 1.38 bits per heavy atom. The standard InChI is InChI=1S/C14H25N3O3S/c1-11(10-17-6-4-3-5-7-17)16-21(18,19)14-8-13(9-15)20-12(14)2/h8,11,16H,3-7,9-10,15H2,1-2H3. The molecule has 1 aliphatic rings. The summed E-state index contributed by atoms with van der Waals surface area (Å²) in [5, 5.41) is 0. The lowest BCUT2D eigenvalue weighted by atomic mass is 10.1. The Morgan fingerprint density at radius 3 is 2.62 bits per heavy atom. The van der Waals surface area contributed by atoms with E-state index in [4.69, 9.17) is 10.2 Å². The fourth-order valence-corrected chi connectivity index (χ4v) is 4.22. The summed E-state index contributed by atoms with van der Waals surface area (Å²) in [4.78, 5) is 2.50. The van der Waals surface area contributed by atoms with Crippen LogP contribution in [0.1, 0.15) is 37.7 Å². The van der Waals surface area contributed by atoms with Gasteiger partial charge in [0.1, 0.15) is 16.4 Å². The SMILES string of the molecule is Cc1oc(CN)cc1S(=O)(=O)NC(C)CN1CCCCC1. The van der Waals surface area contributed by atoms with Gasteiger partial charge in [-0.05, 0) is 39.8 Å². The van der Waals surface area contributed by atoms with Crippen LogP contribution in [0.4, 0.5) is 0 Å². The van der Waals surface area contributed by atoms with Gasteiger partial charge in [0.05, 0.1) is 6.54 Å². The molecule has 1 fully saturated rings. The first-order chi connectivity index (χ1) is 9.92. The van der Waals surface area contributed by atoms with Crippen molar-refractivity contribution in [3.8, 4) is 0 Å². The fraction of sp³-hybridized carbons (Fsp3) is 0.714. The smallest absolute Gasteiger partial charge is 0.244 e. The van der Waals surface area contributed by atoms with Crippen LogP contribution in [0.25, 0.3) is 0 Å². The number of piperidine rings is 1. The van der Waals surface area contributed by atoms with Crippen LogP contribution in [0.15, 0.2) is 15.4 Å². The maximum absolute atomic E-state index is 12.4. The Balaban J connectivity index is 2.00. The summed E-state index contributed by atoms with van der Waals surface area (Å²) in [5.74, 6) is 0.865. The molecular weight excluding hydrogens is 290 g/mol. The average Bonchev–Trinajstić information content (AvgIpc) is 2.81. The predicted molar refractivity (Wildman–Crippen MR) is 81.4 cm³/mol. The summed E-state index contributed by atoms with van der Waals surface area (Å²) in [7, 11) is -3.56. The predicted octanol–water partition coefficient (Wildman–Crippen LogP) is 1.20. The van der Waals surface area contributed by atoms with E-state index in [1.165, 1.54) is 25.3 Å². The number of hydrogen-bond acceptors (Lipinski definition) is 5. The number of likely N-dealkylation sites (tertiary alicyclic amines) is 1. The molecule has 2 rings (SSSR count). The summed E-state index contributed by atoms with van der Waals surface area (Å²) in [5.41, 5.74) is 5.48. The van der Waals surface area contributed by atoms with E-state index in [9.17, 15) is 8.42 Å². The van der Waals surface area contributed by atoms with Crippen molar-refractivity contribution in [2.24, 2.45) is 5.73 Å². The number of rotatable bonds is 6. The highest BCUT2D eigenvalue weighted by Gasteiger charge is 2.24. The molecule has 1 aliphatic heterocycles. The molecule has 2 heterocycles. The van der Waals surface area contributed by atoms with Gasteiger partial charge >= 0.3 is 0 Å². The second-order valence-electron chi connectivity index (χ2n) is 5.72. The van der Waals surface area contributed by atoms with Gasteiger partial charge in [-0.15, -0.1) is 0 Å². The van der Waals surface area contributed by atoms with E-state index in [2.05, 4.69) is 9.62 Å². The van der Waals surface area contributed by atoms with Crippen molar-refractivity contribution in [1.29, 1.82) is 0 Å². The molecule has 21 heavy (non-hydrogen) atoms. The minimum absolute atomic E-state index is 0.135. The molecule has 1 aromatic rings. The molecule has 0 radical (unpaired) electrons. The van der Waals surface area contributed by atoms with Crippen molar-refractivity contribution in [3.63, 3.8) is 0 Å². The summed E-state index contributed by atoms with van der Waals surface area (Å²) in [6.07, 6.45) is 3.66. The monoisotopic (exact) mass is 315 g/mol. The fourth-order valence-electron chi connectivity index (χ4n) is 2.79. The molecule has 1 saturated heterocycles. The maximum Gasteiger partial charge on any atom is 0.244 e. The third-order valence-electron chi connectivity index (χ3n) is 3.75. The highest BCUT2D eigenvalue weighted by atomic mass is 32.2. The van der Waals surface area contributed by atoms with Crippen molar-refractivity contribution in [2.45, 2.75) is 50.6 Å². The minimum atomic E-state index is -3.56. The molecular formula is C14H25N3O3S. The zero-order valence-electron chi connectivity index (χ0n) is 12.8. The normalized spacial score (nSPS) is 18.8. The van der Waals surface area contributed by atoms with E-state index in [-0.39, 0.29) is 17.5 Å². The van der Waals surface area contributed by atoms with Crippen molar-refractivity contribution in [1.82, 2.24) is 9.62 Å². The number of nitrogens with two attached hydrogens (primary N) is 1. The lowest BCUT2D eigenvalue weighted by molar-refractivity contribution is 0.215. The lowest BCUT2D eigenvalue weighted by Crippen LogP contribution is -2.43. The molecule has 0 aromatic carbocycles. The first-order valence-electron chi connectivity index (χ1n) is 7.46. The van der Waals surface area contributed by atoms with Crippen LogP contribution in [0, 0.1) is 6.92 Å². The van der Waals surface area contributed by atoms with Gasteiger partial charge in [-0.2, -0.15) is 0 Å². The molecule has 7 heteroatoms. The molecule has 0 amide bonds. The van der Waals surface area contributed by atoms with Gasteiger partial charge in [-0.25, -0.2) is 13.1 Å². The van der Waals surface area contributed by atoms with Gasteiger partial charge in [-0.3, -0.25) is 0 Å². The van der Waals surface area contributed by atoms with Crippen LogP contribution in [0.2, 0.25) is 0 Å². The van der Waals surface area contributed by atoms with Crippen molar-refractivity contribution in [3.05, 3.63) is 17.6 Å². The Morgan fingerprint density at radius 2 is 2.05 bits per heavy atom. The molecule has 1 atom stereocenters. The maximum atomic E-state index is 12.4. The number of sulfonamides is 1. The van der Waals surface area contributed by atoms with E-state index in [1.54, 1.807) is 6.92 Å². The van der Waals surface area contributed by atoms with Gasteiger partial charge in [0.2, 0.25) is 10.0 Å². The number of nitrogens with one attached hydrogen (secondary N) is 1. The first kappa shape index (κ1) is 16.5. The average molecular weight is 315 g/mol. The first-order valence-corrected chi connectivity index (χ1v) is 8.95. The number of nitrogens with zero attached hydrogens (tertiary/aromatic N) is 1. The Kier molecular flexibility index (Phi) is 5.43. The van der Waals surface area contributed by atoms with Crippen LogP contribution in [0.3, 0.4) is 0 Å². The van der Waals surface area contributed by atoms with Crippen LogP contribution >= 0.6 is 0 Å². The lowest BCUT2D eigenvalue weighted by Gasteiger charge is -2.29. The van der Waals surface area contributed by atoms with E-state index in [0.717, 1.165) is 19.6 Å². The molecule has 6 nitrogen and oxygen atoms in total. The molecule has 0 bridgehead atoms. The molecule has 120 valence electrons. The second kappa shape index (κ2) is 6.91. The Bertz CT molecular complexity index is 562. The quantitative estimate of drug-likeness (QED) is 0.823. The Hall–Kier alpha value is -0.890. The molecule has 1 aromatic heterocycles. The van der Waals surface area contributed by atoms with Crippen LogP contribution in [-0.2, 0) is 16.6 Å². The van der Waals surface area contributed by atoms with Crippen LogP contribution in [-0.4, -0.2) is 39.0 Å². The Labute approximate surface area is 126 Å². The third-order valence-corrected chi connectivity index (χ3v) is 5.45. The summed E-state index contributed by atoms with van der Waals surface area (Å²) < 4.78 is 32.9. The second-order valence-corrected chi connectivity index (χ2v) is 7.40. The minimum Gasteiger partial charge on any atom is -0.464 e. The van der Waals surface area contributed by atoms with Crippen LogP contribution in [0.5, 0.6) is 0 Å². The molecule has 3 N–H and O–H groups in total. The van der Waals surface area contributed by atoms with Gasteiger partial charge < -0.3 is 15.1 Å². The van der Waals surface area contributed by atoms with Gasteiger partial charge in [-0.1, -0.05) is 6.42 Å². The topological polar surface area (TPSA) is 88.6 Å². The largest absolute Gasteiger partial charge is 0.464 e. The molecule has 1 unspecified atom stereocenters. The number of aryl methyl sites for hydroxylation is 1. The molecule has 0 aliphatic carbocycles. The van der Waals surface area contributed by atoms with Crippen molar-refractivity contribution < 1.29 is 12.8 Å². The summed E-state index contributed by atoms with van der Waals surface area (Å²) in [6.45, 7) is 6.57. The van der Waals surface area contributed by atoms with E-state index >= 15 is 0 Å². The van der Waals surface area contributed by atoms with E-state index in [1.807, 2.05) is 6.92 Å². The summed E-state index contributed by atoms with van der Waals surface area (Å²) >= 11 is 0.